The van der Waals surface area contributed by atoms with Gasteiger partial charge in [-0.15, -0.1) is 0 Å². The van der Waals surface area contributed by atoms with Crippen LogP contribution in [0.4, 0.5) is 10.1 Å². The highest BCUT2D eigenvalue weighted by atomic mass is 32.2. The molecule has 0 aliphatic rings. The van der Waals surface area contributed by atoms with Crippen LogP contribution in [0, 0.1) is 5.82 Å². The highest BCUT2D eigenvalue weighted by Crippen LogP contribution is 2.13. The summed E-state index contributed by atoms with van der Waals surface area (Å²) in [6.07, 6.45) is -0.0329. The molecule has 25 heavy (non-hydrogen) atoms. The fourth-order valence-corrected chi connectivity index (χ4v) is 2.53. The molecule has 2 aromatic rings. The van der Waals surface area contributed by atoms with Crippen molar-refractivity contribution >= 4 is 27.4 Å². The van der Waals surface area contributed by atoms with Gasteiger partial charge in [-0.2, -0.15) is 0 Å². The first-order valence-electron chi connectivity index (χ1n) is 7.24. The van der Waals surface area contributed by atoms with Crippen LogP contribution in [-0.4, -0.2) is 32.7 Å². The third-order valence-electron chi connectivity index (χ3n) is 3.28. The molecule has 1 N–H and O–H groups in total. The Morgan fingerprint density at radius 2 is 1.60 bits per heavy atom. The van der Waals surface area contributed by atoms with Crippen LogP contribution >= 0.6 is 0 Å². The van der Waals surface area contributed by atoms with E-state index in [1.807, 2.05) is 0 Å². The SMILES string of the molecule is C[C@@H](OC(=O)c1ccc(S(C)(=O)=O)cc1)C(=O)Nc1ccc(F)cc1. The van der Waals surface area contributed by atoms with Gasteiger partial charge in [0.05, 0.1) is 10.5 Å². The summed E-state index contributed by atoms with van der Waals surface area (Å²) in [6.45, 7) is 1.39. The number of carbonyl (C=O) groups excluding carboxylic acids is 2. The maximum atomic E-state index is 12.8. The number of sulfone groups is 1. The molecule has 0 aliphatic carbocycles. The molecule has 0 bridgehead atoms. The Bertz CT molecular complexity index is 876. The molecule has 132 valence electrons. The Kier molecular flexibility index (Phi) is 5.53. The number of anilines is 1. The lowest BCUT2D eigenvalue weighted by molar-refractivity contribution is -0.123. The number of nitrogens with one attached hydrogen (secondary N) is 1. The van der Waals surface area contributed by atoms with Gasteiger partial charge in [0.25, 0.3) is 5.91 Å². The fraction of sp³-hybridized carbons (Fsp3) is 0.176. The summed E-state index contributed by atoms with van der Waals surface area (Å²) in [5.41, 5.74) is 0.487. The van der Waals surface area contributed by atoms with Gasteiger partial charge in [0.2, 0.25) is 0 Å². The maximum absolute atomic E-state index is 12.8. The van der Waals surface area contributed by atoms with Crippen LogP contribution in [0.1, 0.15) is 17.3 Å². The molecule has 1 amide bonds. The lowest BCUT2D eigenvalue weighted by Crippen LogP contribution is -2.30. The first-order chi connectivity index (χ1) is 11.7. The van der Waals surface area contributed by atoms with E-state index in [1.165, 1.54) is 55.5 Å². The first kappa shape index (κ1) is 18.6. The zero-order valence-electron chi connectivity index (χ0n) is 13.5. The van der Waals surface area contributed by atoms with Crippen LogP contribution in [0.3, 0.4) is 0 Å². The number of rotatable bonds is 5. The van der Waals surface area contributed by atoms with Crippen molar-refractivity contribution < 1.29 is 27.1 Å². The number of halogens is 1. The number of ether oxygens (including phenoxy) is 1. The van der Waals surface area contributed by atoms with Gasteiger partial charge < -0.3 is 10.1 Å². The molecule has 0 saturated heterocycles. The minimum Gasteiger partial charge on any atom is -0.449 e. The summed E-state index contributed by atoms with van der Waals surface area (Å²) >= 11 is 0. The molecule has 0 heterocycles. The van der Waals surface area contributed by atoms with Crippen molar-refractivity contribution in [1.29, 1.82) is 0 Å². The van der Waals surface area contributed by atoms with Gasteiger partial charge in [0.15, 0.2) is 15.9 Å². The van der Waals surface area contributed by atoms with E-state index in [9.17, 15) is 22.4 Å². The van der Waals surface area contributed by atoms with E-state index in [2.05, 4.69) is 5.32 Å². The van der Waals surface area contributed by atoms with Crippen LogP contribution in [0.25, 0.3) is 0 Å². The molecule has 2 aromatic carbocycles. The molecule has 6 nitrogen and oxygen atoms in total. The third-order valence-corrected chi connectivity index (χ3v) is 4.41. The average Bonchev–Trinajstić information content (AvgIpc) is 2.56. The topological polar surface area (TPSA) is 89.5 Å². The molecule has 0 aromatic heterocycles. The predicted molar refractivity (Wildman–Crippen MR) is 89.5 cm³/mol. The molecule has 0 saturated carbocycles. The van der Waals surface area contributed by atoms with Crippen LogP contribution in [0.15, 0.2) is 53.4 Å². The van der Waals surface area contributed by atoms with Crippen LogP contribution in [-0.2, 0) is 19.4 Å². The summed E-state index contributed by atoms with van der Waals surface area (Å²) in [5.74, 6) is -1.77. The Balaban J connectivity index is 1.99. The second-order valence-electron chi connectivity index (χ2n) is 5.34. The number of hydrogen-bond acceptors (Lipinski definition) is 5. The van der Waals surface area contributed by atoms with Gasteiger partial charge in [-0.25, -0.2) is 17.6 Å². The van der Waals surface area contributed by atoms with Crippen molar-refractivity contribution in [2.24, 2.45) is 0 Å². The van der Waals surface area contributed by atoms with E-state index >= 15 is 0 Å². The van der Waals surface area contributed by atoms with Crippen molar-refractivity contribution in [2.45, 2.75) is 17.9 Å². The van der Waals surface area contributed by atoms with Crippen molar-refractivity contribution in [3.63, 3.8) is 0 Å². The summed E-state index contributed by atoms with van der Waals surface area (Å²) in [7, 11) is -3.36. The molecule has 0 fully saturated rings. The standard InChI is InChI=1S/C17H16FNO5S/c1-11(16(20)19-14-7-5-13(18)6-8-14)24-17(21)12-3-9-15(10-4-12)25(2,22)23/h3-11H,1-2H3,(H,19,20)/t11-/m1/s1. The maximum Gasteiger partial charge on any atom is 0.338 e. The molecule has 0 radical (unpaired) electrons. The predicted octanol–water partition coefficient (Wildman–Crippen LogP) is 2.41. The van der Waals surface area contributed by atoms with Gasteiger partial charge in [-0.1, -0.05) is 0 Å². The summed E-state index contributed by atoms with van der Waals surface area (Å²) in [4.78, 5) is 24.1. The van der Waals surface area contributed by atoms with Gasteiger partial charge in [-0.3, -0.25) is 4.79 Å². The molecular weight excluding hydrogens is 349 g/mol. The summed E-state index contributed by atoms with van der Waals surface area (Å²) in [5, 5.41) is 2.49. The van der Waals surface area contributed by atoms with Gasteiger partial charge in [-0.05, 0) is 55.5 Å². The van der Waals surface area contributed by atoms with Crippen LogP contribution in [0.2, 0.25) is 0 Å². The largest absolute Gasteiger partial charge is 0.449 e. The smallest absolute Gasteiger partial charge is 0.338 e. The molecule has 0 unspecified atom stereocenters. The zero-order valence-corrected chi connectivity index (χ0v) is 14.3. The summed E-state index contributed by atoms with van der Waals surface area (Å²) < 4.78 is 40.6. The number of carbonyl (C=O) groups is 2. The molecule has 8 heteroatoms. The second-order valence-corrected chi connectivity index (χ2v) is 7.36. The zero-order chi connectivity index (χ0) is 18.6. The number of hydrogen-bond donors (Lipinski definition) is 1. The lowest BCUT2D eigenvalue weighted by Gasteiger charge is -2.13. The quantitative estimate of drug-likeness (QED) is 0.822. The van der Waals surface area contributed by atoms with Gasteiger partial charge in [0, 0.05) is 11.9 Å². The van der Waals surface area contributed by atoms with E-state index in [1.54, 1.807) is 0 Å². The van der Waals surface area contributed by atoms with Crippen molar-refractivity contribution in [2.75, 3.05) is 11.6 Å². The van der Waals surface area contributed by atoms with Crippen molar-refractivity contribution in [1.82, 2.24) is 0 Å². The van der Waals surface area contributed by atoms with E-state index in [0.717, 1.165) is 6.26 Å². The van der Waals surface area contributed by atoms with E-state index in [0.29, 0.717) is 5.69 Å². The minimum atomic E-state index is -3.36. The molecular formula is C17H16FNO5S. The average molecular weight is 365 g/mol. The molecule has 0 spiro atoms. The Morgan fingerprint density at radius 3 is 2.12 bits per heavy atom. The number of esters is 1. The Hall–Kier alpha value is -2.74. The monoisotopic (exact) mass is 365 g/mol. The van der Waals surface area contributed by atoms with E-state index in [-0.39, 0.29) is 10.5 Å². The van der Waals surface area contributed by atoms with Crippen LogP contribution < -0.4 is 5.32 Å². The first-order valence-corrected chi connectivity index (χ1v) is 9.13. The fourth-order valence-electron chi connectivity index (χ4n) is 1.90. The lowest BCUT2D eigenvalue weighted by atomic mass is 10.2. The number of amides is 1. The normalized spacial score (nSPS) is 12.3. The molecule has 0 aliphatic heterocycles. The van der Waals surface area contributed by atoms with Crippen molar-refractivity contribution in [3.05, 3.63) is 59.9 Å². The summed E-state index contributed by atoms with van der Waals surface area (Å²) in [6, 6.07) is 10.3. The Morgan fingerprint density at radius 1 is 1.04 bits per heavy atom. The van der Waals surface area contributed by atoms with Crippen molar-refractivity contribution in [3.8, 4) is 0 Å². The van der Waals surface area contributed by atoms with E-state index in [4.69, 9.17) is 4.74 Å². The van der Waals surface area contributed by atoms with E-state index < -0.39 is 33.6 Å². The van der Waals surface area contributed by atoms with Gasteiger partial charge in [0.1, 0.15) is 5.82 Å². The second kappa shape index (κ2) is 7.43. The molecule has 2 rings (SSSR count). The van der Waals surface area contributed by atoms with Crippen LogP contribution in [0.5, 0.6) is 0 Å². The molecule has 1 atom stereocenters. The third kappa shape index (κ3) is 5.12. The number of benzene rings is 2. The van der Waals surface area contributed by atoms with Gasteiger partial charge >= 0.3 is 5.97 Å². The Labute approximate surface area is 144 Å². The highest BCUT2D eigenvalue weighted by Gasteiger charge is 2.19. The highest BCUT2D eigenvalue weighted by molar-refractivity contribution is 7.90. The minimum absolute atomic E-state index is 0.0751.